The van der Waals surface area contributed by atoms with Crippen molar-refractivity contribution in [2.24, 2.45) is 0 Å². The number of H-pyrrole nitrogens is 1. The number of fused-ring (bicyclic) bond motifs is 3. The second-order valence-electron chi connectivity index (χ2n) is 7.36. The summed E-state index contributed by atoms with van der Waals surface area (Å²) in [4.78, 5) is 19.0. The molecule has 3 aromatic carbocycles. The summed E-state index contributed by atoms with van der Waals surface area (Å²) in [5.41, 5.74) is 4.44. The van der Waals surface area contributed by atoms with Crippen molar-refractivity contribution < 1.29 is 9.53 Å². The largest absolute Gasteiger partial charge is 0.476 e. The topological polar surface area (TPSA) is 45.3 Å². The summed E-state index contributed by atoms with van der Waals surface area (Å²) in [6.45, 7) is 1.28. The zero-order valence-electron chi connectivity index (χ0n) is 16.0. The molecule has 0 saturated heterocycles. The molecule has 29 heavy (non-hydrogen) atoms. The van der Waals surface area contributed by atoms with Crippen LogP contribution < -0.4 is 4.74 Å². The van der Waals surface area contributed by atoms with Gasteiger partial charge in [0.05, 0.1) is 0 Å². The molecule has 0 bridgehead atoms. The van der Waals surface area contributed by atoms with Crippen LogP contribution >= 0.6 is 0 Å². The van der Waals surface area contributed by atoms with E-state index in [-0.39, 0.29) is 5.91 Å². The number of rotatable bonds is 4. The van der Waals surface area contributed by atoms with Gasteiger partial charge in [0.1, 0.15) is 5.75 Å². The first kappa shape index (κ1) is 17.6. The van der Waals surface area contributed by atoms with E-state index in [0.29, 0.717) is 18.8 Å². The molecule has 1 amide bonds. The Labute approximate surface area is 169 Å². The number of nitrogens with zero attached hydrogens (tertiary/aromatic N) is 1. The normalized spacial score (nSPS) is 14.4. The van der Waals surface area contributed by atoms with Crippen molar-refractivity contribution in [3.8, 4) is 5.75 Å². The Bertz CT molecular complexity index is 1140. The van der Waals surface area contributed by atoms with Gasteiger partial charge in [-0.15, -0.1) is 0 Å². The molecular weight excluding hydrogens is 360 g/mol. The molecule has 1 N–H and O–H groups in total. The van der Waals surface area contributed by atoms with E-state index in [1.165, 1.54) is 16.6 Å². The van der Waals surface area contributed by atoms with Crippen LogP contribution in [-0.2, 0) is 17.8 Å². The fourth-order valence-electron chi connectivity index (χ4n) is 4.04. The Morgan fingerprint density at radius 2 is 1.59 bits per heavy atom. The van der Waals surface area contributed by atoms with E-state index >= 15 is 0 Å². The summed E-state index contributed by atoms with van der Waals surface area (Å²) >= 11 is 0. The van der Waals surface area contributed by atoms with Gasteiger partial charge in [-0.05, 0) is 18.2 Å². The SMILES string of the molecule is O=C(C(Oc1ccccc1)c1ccccc1)N1CCc2[nH]c3ccccc3c2C1. The highest BCUT2D eigenvalue weighted by Crippen LogP contribution is 2.30. The van der Waals surface area contributed by atoms with Crippen LogP contribution in [0.1, 0.15) is 22.9 Å². The van der Waals surface area contributed by atoms with Gasteiger partial charge in [-0.2, -0.15) is 0 Å². The van der Waals surface area contributed by atoms with E-state index in [2.05, 4.69) is 17.1 Å². The first-order valence-electron chi connectivity index (χ1n) is 9.93. The number of aromatic amines is 1. The van der Waals surface area contributed by atoms with E-state index in [0.717, 1.165) is 17.5 Å². The number of hydrogen-bond acceptors (Lipinski definition) is 2. The molecule has 0 aliphatic carbocycles. The second kappa shape index (κ2) is 7.47. The van der Waals surface area contributed by atoms with Gasteiger partial charge in [-0.3, -0.25) is 4.79 Å². The average Bonchev–Trinajstić information content (AvgIpc) is 3.16. The third kappa shape index (κ3) is 3.38. The van der Waals surface area contributed by atoms with Crippen LogP contribution in [0.4, 0.5) is 0 Å². The second-order valence-corrected chi connectivity index (χ2v) is 7.36. The molecule has 1 atom stereocenters. The third-order valence-electron chi connectivity index (χ3n) is 5.52. The maximum Gasteiger partial charge on any atom is 0.268 e. The van der Waals surface area contributed by atoms with Crippen LogP contribution in [0.2, 0.25) is 0 Å². The van der Waals surface area contributed by atoms with Crippen LogP contribution in [-0.4, -0.2) is 22.3 Å². The first-order valence-corrected chi connectivity index (χ1v) is 9.93. The minimum atomic E-state index is -0.662. The monoisotopic (exact) mass is 382 g/mol. The molecule has 144 valence electrons. The van der Waals surface area contributed by atoms with Gasteiger partial charge in [0.2, 0.25) is 6.10 Å². The zero-order valence-corrected chi connectivity index (χ0v) is 16.0. The highest BCUT2D eigenvalue weighted by molar-refractivity contribution is 5.87. The third-order valence-corrected chi connectivity index (χ3v) is 5.52. The van der Waals surface area contributed by atoms with Crippen molar-refractivity contribution in [1.82, 2.24) is 9.88 Å². The number of ether oxygens (including phenoxy) is 1. The van der Waals surface area contributed by atoms with Gasteiger partial charge in [0, 0.05) is 47.2 Å². The zero-order chi connectivity index (χ0) is 19.6. The van der Waals surface area contributed by atoms with Crippen molar-refractivity contribution >= 4 is 16.8 Å². The highest BCUT2D eigenvalue weighted by atomic mass is 16.5. The molecule has 1 aromatic heterocycles. The van der Waals surface area contributed by atoms with Crippen LogP contribution in [0.3, 0.4) is 0 Å². The predicted molar refractivity (Wildman–Crippen MR) is 114 cm³/mol. The summed E-state index contributed by atoms with van der Waals surface area (Å²) < 4.78 is 6.17. The van der Waals surface area contributed by atoms with Crippen LogP contribution in [0.15, 0.2) is 84.9 Å². The van der Waals surface area contributed by atoms with Gasteiger partial charge in [0.15, 0.2) is 0 Å². The van der Waals surface area contributed by atoms with Gasteiger partial charge in [-0.25, -0.2) is 0 Å². The summed E-state index contributed by atoms with van der Waals surface area (Å²) in [5, 5.41) is 1.19. The number of para-hydroxylation sites is 2. The van der Waals surface area contributed by atoms with Crippen LogP contribution in [0, 0.1) is 0 Å². The fraction of sp³-hybridized carbons (Fsp3) is 0.160. The number of hydrogen-bond donors (Lipinski definition) is 1. The fourth-order valence-corrected chi connectivity index (χ4v) is 4.04. The standard InChI is InChI=1S/C25H22N2O2/c28-25(24(18-9-3-1-4-10-18)29-19-11-5-2-6-12-19)27-16-15-23-21(17-27)20-13-7-8-14-22(20)26-23/h1-14,24,26H,15-17H2. The molecule has 1 unspecified atom stereocenters. The van der Waals surface area contributed by atoms with Gasteiger partial charge in [-0.1, -0.05) is 66.7 Å². The molecule has 0 saturated carbocycles. The molecular formula is C25H22N2O2. The van der Waals surface area contributed by atoms with E-state index in [4.69, 9.17) is 4.74 Å². The Morgan fingerprint density at radius 3 is 2.38 bits per heavy atom. The molecule has 4 heteroatoms. The number of nitrogens with one attached hydrogen (secondary N) is 1. The Hall–Kier alpha value is -3.53. The summed E-state index contributed by atoms with van der Waals surface area (Å²) in [6.07, 6.45) is 0.160. The van der Waals surface area contributed by atoms with Crippen LogP contribution in [0.5, 0.6) is 5.75 Å². The molecule has 4 nitrogen and oxygen atoms in total. The Morgan fingerprint density at radius 1 is 0.897 bits per heavy atom. The van der Waals surface area contributed by atoms with E-state index in [1.54, 1.807) is 0 Å². The maximum atomic E-state index is 13.6. The molecule has 0 spiro atoms. The molecule has 0 fully saturated rings. The average molecular weight is 382 g/mol. The summed E-state index contributed by atoms with van der Waals surface area (Å²) in [7, 11) is 0. The van der Waals surface area contributed by atoms with Gasteiger partial charge < -0.3 is 14.6 Å². The summed E-state index contributed by atoms with van der Waals surface area (Å²) in [6, 6.07) is 27.6. The summed E-state index contributed by atoms with van der Waals surface area (Å²) in [5.74, 6) is 0.690. The number of carbonyl (C=O) groups is 1. The van der Waals surface area contributed by atoms with E-state index < -0.39 is 6.10 Å². The lowest BCUT2D eigenvalue weighted by Crippen LogP contribution is -2.40. The number of aromatic nitrogens is 1. The first-order chi connectivity index (χ1) is 14.3. The minimum absolute atomic E-state index is 0.00372. The number of carbonyl (C=O) groups excluding carboxylic acids is 1. The molecule has 0 radical (unpaired) electrons. The molecule has 1 aliphatic rings. The number of benzene rings is 3. The van der Waals surface area contributed by atoms with Crippen molar-refractivity contribution in [3.63, 3.8) is 0 Å². The lowest BCUT2D eigenvalue weighted by molar-refractivity contribution is -0.140. The van der Waals surface area contributed by atoms with Crippen molar-refractivity contribution in [3.05, 3.63) is 102 Å². The maximum absolute atomic E-state index is 13.6. The Kier molecular flexibility index (Phi) is 4.53. The smallest absolute Gasteiger partial charge is 0.268 e. The van der Waals surface area contributed by atoms with Crippen LogP contribution in [0.25, 0.3) is 10.9 Å². The van der Waals surface area contributed by atoms with Gasteiger partial charge >= 0.3 is 0 Å². The lowest BCUT2D eigenvalue weighted by atomic mass is 10.0. The lowest BCUT2D eigenvalue weighted by Gasteiger charge is -2.31. The van der Waals surface area contributed by atoms with Crippen molar-refractivity contribution in [1.29, 1.82) is 0 Å². The van der Waals surface area contributed by atoms with Gasteiger partial charge in [0.25, 0.3) is 5.91 Å². The molecule has 1 aliphatic heterocycles. The minimum Gasteiger partial charge on any atom is -0.476 e. The molecule has 2 heterocycles. The highest BCUT2D eigenvalue weighted by Gasteiger charge is 2.31. The predicted octanol–water partition coefficient (Wildman–Crippen LogP) is 4.87. The number of amides is 1. The Balaban J connectivity index is 1.46. The molecule has 4 aromatic rings. The quantitative estimate of drug-likeness (QED) is 0.547. The van der Waals surface area contributed by atoms with E-state index in [1.807, 2.05) is 77.7 Å². The van der Waals surface area contributed by atoms with E-state index in [9.17, 15) is 4.79 Å². The van der Waals surface area contributed by atoms with Crippen molar-refractivity contribution in [2.45, 2.75) is 19.1 Å². The molecule has 5 rings (SSSR count). The van der Waals surface area contributed by atoms with Crippen molar-refractivity contribution in [2.75, 3.05) is 6.54 Å².